The van der Waals surface area contributed by atoms with Gasteiger partial charge in [0.1, 0.15) is 11.5 Å². The molecule has 4 atom stereocenters. The van der Waals surface area contributed by atoms with Crippen molar-refractivity contribution in [2.75, 3.05) is 11.9 Å². The zero-order chi connectivity index (χ0) is 80.5. The van der Waals surface area contributed by atoms with E-state index >= 15 is 0 Å². The third kappa shape index (κ3) is 39.5. The maximum atomic E-state index is 12.0. The highest BCUT2D eigenvalue weighted by molar-refractivity contribution is 7.26. The lowest BCUT2D eigenvalue weighted by Gasteiger charge is -2.20. The van der Waals surface area contributed by atoms with Crippen molar-refractivity contribution in [3.8, 4) is 11.5 Å². The number of para-hydroxylation sites is 2. The first-order valence-corrected chi connectivity index (χ1v) is 40.0. The number of ether oxygens (including phenoxy) is 3. The van der Waals surface area contributed by atoms with Crippen LogP contribution in [0.5, 0.6) is 11.5 Å². The van der Waals surface area contributed by atoms with Crippen LogP contribution in [0.25, 0.3) is 30.9 Å². The molecular weight excluding hydrogens is 1320 g/mol. The van der Waals surface area contributed by atoms with Gasteiger partial charge in [-0.05, 0) is 156 Å². The van der Waals surface area contributed by atoms with Crippen molar-refractivity contribution in [2.24, 2.45) is 28.6 Å². The Balaban J connectivity index is -0.00000116. The molecule has 0 aliphatic heterocycles. The average Bonchev–Trinajstić information content (AvgIpc) is 1.63. The van der Waals surface area contributed by atoms with Crippen molar-refractivity contribution in [1.82, 2.24) is 5.32 Å². The van der Waals surface area contributed by atoms with Crippen LogP contribution >= 0.6 is 11.3 Å². The summed E-state index contributed by atoms with van der Waals surface area (Å²) in [7, 11) is 0. The van der Waals surface area contributed by atoms with Gasteiger partial charge in [0.15, 0.2) is 0 Å². The second kappa shape index (κ2) is 59.8. The zero-order valence-electron chi connectivity index (χ0n) is 70.3. The Kier molecular flexibility index (Phi) is 57.4. The molecule has 0 saturated heterocycles. The van der Waals surface area contributed by atoms with Gasteiger partial charge >= 0.3 is 17.9 Å². The molecule has 0 saturated carbocycles. The molecular formula is C94H140N2O8S. The molecule has 9 rings (SSSR count). The highest BCUT2D eigenvalue weighted by Crippen LogP contribution is 2.39. The summed E-state index contributed by atoms with van der Waals surface area (Å²) in [5.41, 5.74) is 6.39. The van der Waals surface area contributed by atoms with Crippen molar-refractivity contribution in [1.29, 1.82) is 0 Å². The fourth-order valence-electron chi connectivity index (χ4n) is 8.79. The molecule has 0 spiro atoms. The van der Waals surface area contributed by atoms with Crippen LogP contribution in [0.1, 0.15) is 252 Å². The van der Waals surface area contributed by atoms with Gasteiger partial charge < -0.3 is 24.8 Å². The number of esters is 3. The summed E-state index contributed by atoms with van der Waals surface area (Å²) >= 11 is 1.93. The van der Waals surface area contributed by atoms with E-state index in [4.69, 9.17) is 14.2 Å². The molecule has 1 heterocycles. The van der Waals surface area contributed by atoms with Crippen LogP contribution in [0.15, 0.2) is 194 Å². The van der Waals surface area contributed by atoms with Gasteiger partial charge in [0.2, 0.25) is 11.8 Å². The van der Waals surface area contributed by atoms with E-state index in [0.29, 0.717) is 30.6 Å². The Labute approximate surface area is 642 Å². The summed E-state index contributed by atoms with van der Waals surface area (Å²) in [6, 6.07) is 64.3. The van der Waals surface area contributed by atoms with E-state index in [1.807, 2.05) is 299 Å². The number of benzene rings is 8. The second-order valence-electron chi connectivity index (χ2n) is 25.1. The molecule has 10 nitrogen and oxygen atoms in total. The van der Waals surface area contributed by atoms with Crippen LogP contribution in [-0.4, -0.2) is 36.3 Å². The summed E-state index contributed by atoms with van der Waals surface area (Å²) in [5, 5.41) is 10.9. The molecule has 11 heteroatoms. The lowest BCUT2D eigenvalue weighted by Crippen LogP contribution is -2.28. The average molecular weight is 1460 g/mol. The van der Waals surface area contributed by atoms with Crippen molar-refractivity contribution >= 4 is 77.7 Å². The minimum atomic E-state index is -0.439. The van der Waals surface area contributed by atoms with E-state index in [-0.39, 0.29) is 47.5 Å². The lowest BCUT2D eigenvalue weighted by molar-refractivity contribution is -0.148. The molecule has 0 aliphatic carbocycles. The molecule has 0 radical (unpaired) electrons. The monoisotopic (exact) mass is 1460 g/mol. The number of rotatable bonds is 20. The van der Waals surface area contributed by atoms with E-state index < -0.39 is 10.8 Å². The fourth-order valence-corrected chi connectivity index (χ4v) is 10.1. The van der Waals surface area contributed by atoms with Crippen LogP contribution < -0.4 is 20.1 Å². The highest BCUT2D eigenvalue weighted by Gasteiger charge is 2.28. The molecule has 2 N–H and O–H groups in total. The molecule has 580 valence electrons. The minimum Gasteiger partial charge on any atom is -0.465 e. The Morgan fingerprint density at radius 1 is 0.429 bits per heavy atom. The molecule has 0 aliphatic rings. The van der Waals surface area contributed by atoms with E-state index in [1.165, 1.54) is 54.4 Å². The molecule has 0 fully saturated rings. The number of nitrogens with one attached hydrogen (secondary N) is 2. The number of thiophene rings is 1. The van der Waals surface area contributed by atoms with Gasteiger partial charge in [-0.1, -0.05) is 315 Å². The van der Waals surface area contributed by atoms with Crippen LogP contribution in [0, 0.1) is 42.4 Å². The first-order chi connectivity index (χ1) is 50.4. The molecule has 8 aromatic carbocycles. The molecule has 9 aromatic rings. The number of anilines is 1. The normalized spacial score (nSPS) is 11.0. The Morgan fingerprint density at radius 3 is 1.38 bits per heavy atom. The standard InChI is InChI=1S/C16H18O2.C16H16S.C14H21NO.C13H18O2.C12H16O2.C11H15NO.6C2H6/c1-4-16(2,3)15(17)18-14-10-9-12-7-5-6-8-13(12)11-14;1-3-11(2)12-8-6-9-14-13-7-4-5-10-15(13)17-16(12)14;1-5-12(4)14(16)15-9-13-7-10(2)6-11(3)8-13;1-3-11(2)13(14)15-10-9-12-7-5-4-6-8-12;1-4-12(2,3)11(13)14-10-8-6-5-7-9-10;1-3-9(2)11(13)12-10-7-5-4-6-8-10;6*1-2/h5-11H,4H2,1-3H3;4-11H,3H2,1-2H3;6-8,12H,5,9H2,1-4H3,(H,15,16);4-8,11H,3,9-10H2,1-2H3;5-9H,4H2,1-3H3;4-9H,3H2,1-2H3,(H,12,13);6*1-2H3. The van der Waals surface area contributed by atoms with E-state index in [9.17, 15) is 24.0 Å². The zero-order valence-corrected chi connectivity index (χ0v) is 71.1. The van der Waals surface area contributed by atoms with Crippen molar-refractivity contribution in [2.45, 2.75) is 251 Å². The van der Waals surface area contributed by atoms with E-state index in [0.717, 1.165) is 55.0 Å². The predicted molar refractivity (Wildman–Crippen MR) is 458 cm³/mol. The smallest absolute Gasteiger partial charge is 0.316 e. The Hall–Kier alpha value is -8.41. The van der Waals surface area contributed by atoms with Gasteiger partial charge in [0, 0.05) is 50.7 Å². The van der Waals surface area contributed by atoms with Gasteiger partial charge in [0.05, 0.1) is 23.4 Å². The molecule has 105 heavy (non-hydrogen) atoms. The Morgan fingerprint density at radius 2 is 0.876 bits per heavy atom. The maximum absolute atomic E-state index is 12.0. The highest BCUT2D eigenvalue weighted by atomic mass is 32.1. The number of fused-ring (bicyclic) bond motifs is 4. The largest absolute Gasteiger partial charge is 0.465 e. The second-order valence-corrected chi connectivity index (χ2v) is 26.2. The third-order valence-electron chi connectivity index (χ3n) is 16.7. The SMILES string of the molecule is CC.CC.CC.CC.CC.CC.CCC(C)(C)C(=O)Oc1ccc2ccccc2c1.CCC(C)(C)C(=O)Oc1ccccc1.CCC(C)C(=O)NCc1cc(C)cc(C)c1.CCC(C)C(=O)Nc1ccccc1.CCC(C)C(=O)OCCc1ccccc1.CCC(C)c1cccc2c1sc1ccccc12. The summed E-state index contributed by atoms with van der Waals surface area (Å²) in [6.07, 6.45) is 6.13. The Bertz CT molecular complexity index is 3690. The van der Waals surface area contributed by atoms with Crippen molar-refractivity contribution in [3.63, 3.8) is 0 Å². The van der Waals surface area contributed by atoms with E-state index in [2.05, 4.69) is 99.0 Å². The van der Waals surface area contributed by atoms with E-state index in [1.54, 1.807) is 12.1 Å². The summed E-state index contributed by atoms with van der Waals surface area (Å²) < 4.78 is 18.7. The van der Waals surface area contributed by atoms with Crippen LogP contribution in [0.4, 0.5) is 5.69 Å². The van der Waals surface area contributed by atoms with Crippen molar-refractivity contribution < 1.29 is 38.2 Å². The first kappa shape index (κ1) is 101. The number of aryl methyl sites for hydroxylation is 2. The van der Waals surface area contributed by atoms with Gasteiger partial charge in [-0.25, -0.2) is 0 Å². The number of carbonyl (C=O) groups is 5. The summed E-state index contributed by atoms with van der Waals surface area (Å²) in [5.74, 6) is 1.85. The molecule has 2 amide bonds. The van der Waals surface area contributed by atoms with Crippen LogP contribution in [0.3, 0.4) is 0 Å². The van der Waals surface area contributed by atoms with Crippen molar-refractivity contribution in [3.05, 3.63) is 222 Å². The number of hydrogen-bond donors (Lipinski definition) is 2. The summed E-state index contributed by atoms with van der Waals surface area (Å²) in [4.78, 5) is 58.0. The van der Waals surface area contributed by atoms with Gasteiger partial charge in [0.25, 0.3) is 0 Å². The molecule has 4 unspecified atom stereocenters. The number of carbonyl (C=O) groups excluding carboxylic acids is 5. The lowest BCUT2D eigenvalue weighted by atomic mass is 9.91. The molecule has 1 aromatic heterocycles. The predicted octanol–water partition coefficient (Wildman–Crippen LogP) is 27.4. The fraction of sp³-hybridized carbons (Fsp3) is 0.457. The summed E-state index contributed by atoms with van der Waals surface area (Å²) in [6.45, 7) is 57.2. The van der Waals surface area contributed by atoms with Crippen LogP contribution in [-0.2, 0) is 41.7 Å². The van der Waals surface area contributed by atoms with Crippen LogP contribution in [0.2, 0.25) is 0 Å². The maximum Gasteiger partial charge on any atom is 0.316 e. The minimum absolute atomic E-state index is 0.0146. The number of hydrogen-bond acceptors (Lipinski definition) is 9. The first-order valence-electron chi connectivity index (χ1n) is 39.2. The topological polar surface area (TPSA) is 137 Å². The van der Waals surface area contributed by atoms with Gasteiger partial charge in [-0.15, -0.1) is 11.3 Å². The quantitative estimate of drug-likeness (QED) is 0.0569. The third-order valence-corrected chi connectivity index (χ3v) is 18.0. The van der Waals surface area contributed by atoms with Gasteiger partial charge in [-0.3, -0.25) is 24.0 Å². The molecule has 0 bridgehead atoms. The number of amides is 2. The van der Waals surface area contributed by atoms with Gasteiger partial charge in [-0.2, -0.15) is 0 Å².